The average Bonchev–Trinajstić information content (AvgIpc) is 3.55. The molecule has 2 aromatic heterocycles. The van der Waals surface area contributed by atoms with Crippen molar-refractivity contribution in [3.05, 3.63) is 96.6 Å². The van der Waals surface area contributed by atoms with Gasteiger partial charge in [-0.25, -0.2) is 0 Å². The van der Waals surface area contributed by atoms with Crippen LogP contribution in [0.1, 0.15) is 30.0 Å². The summed E-state index contributed by atoms with van der Waals surface area (Å²) < 4.78 is 2.21. The van der Waals surface area contributed by atoms with Crippen LogP contribution in [0.25, 0.3) is 17.0 Å². The Morgan fingerprint density at radius 1 is 0.900 bits per heavy atom. The van der Waals surface area contributed by atoms with Gasteiger partial charge in [0.15, 0.2) is 5.82 Å². The molecule has 0 unspecified atom stereocenters. The number of fused-ring (bicyclic) bond motifs is 1. The lowest BCUT2D eigenvalue weighted by Gasteiger charge is -2.31. The van der Waals surface area contributed by atoms with Gasteiger partial charge in [-0.2, -0.15) is 0 Å². The van der Waals surface area contributed by atoms with E-state index >= 15 is 0 Å². The zero-order chi connectivity index (χ0) is 19.9. The molecular formula is C25H21N5. The zero-order valence-electron chi connectivity index (χ0n) is 16.5. The van der Waals surface area contributed by atoms with E-state index in [4.69, 9.17) is 0 Å². The van der Waals surface area contributed by atoms with E-state index in [1.165, 1.54) is 29.7 Å². The van der Waals surface area contributed by atoms with Crippen LogP contribution in [0.5, 0.6) is 0 Å². The first-order chi connectivity index (χ1) is 14.9. The number of para-hydroxylation sites is 1. The normalized spacial score (nSPS) is 15.6. The van der Waals surface area contributed by atoms with Gasteiger partial charge in [-0.05, 0) is 42.7 Å². The van der Waals surface area contributed by atoms with Crippen LogP contribution in [-0.2, 0) is 0 Å². The highest BCUT2D eigenvalue weighted by Crippen LogP contribution is 2.41. The van der Waals surface area contributed by atoms with Crippen LogP contribution in [0, 0.1) is 0 Å². The summed E-state index contributed by atoms with van der Waals surface area (Å²) in [4.78, 5) is 6.67. The summed E-state index contributed by atoms with van der Waals surface area (Å²) in [6.07, 6.45) is 10.3. The molecule has 0 N–H and O–H groups in total. The highest BCUT2D eigenvalue weighted by atomic mass is 15.3. The third-order valence-electron chi connectivity index (χ3n) is 5.86. The first-order valence-electron chi connectivity index (χ1n) is 10.4. The van der Waals surface area contributed by atoms with Crippen molar-refractivity contribution in [2.75, 3.05) is 11.4 Å². The van der Waals surface area contributed by atoms with Crippen molar-refractivity contribution in [3.63, 3.8) is 0 Å². The fraction of sp³-hybridized carbons (Fsp3) is 0.160. The topological polar surface area (TPSA) is 46.8 Å². The molecule has 4 aromatic rings. The molecule has 3 heterocycles. The summed E-state index contributed by atoms with van der Waals surface area (Å²) in [5.74, 6) is 0.955. The molecule has 0 amide bonds. The quantitative estimate of drug-likeness (QED) is 0.476. The van der Waals surface area contributed by atoms with E-state index in [2.05, 4.69) is 85.3 Å². The highest BCUT2D eigenvalue weighted by molar-refractivity contribution is 5.91. The molecule has 1 saturated carbocycles. The summed E-state index contributed by atoms with van der Waals surface area (Å²) in [5.41, 5.74) is 7.08. The second kappa shape index (κ2) is 6.95. The second-order valence-corrected chi connectivity index (χ2v) is 7.83. The molecule has 0 saturated heterocycles. The van der Waals surface area contributed by atoms with Gasteiger partial charge in [0, 0.05) is 53.0 Å². The molecule has 2 aromatic carbocycles. The van der Waals surface area contributed by atoms with Gasteiger partial charge in [0.25, 0.3) is 0 Å². The molecule has 1 aliphatic carbocycles. The molecular weight excluding hydrogens is 370 g/mol. The molecule has 6 rings (SSSR count). The summed E-state index contributed by atoms with van der Waals surface area (Å²) in [6.45, 7) is 0.806. The van der Waals surface area contributed by atoms with Gasteiger partial charge in [-0.3, -0.25) is 4.98 Å². The van der Waals surface area contributed by atoms with E-state index in [9.17, 15) is 0 Å². The van der Waals surface area contributed by atoms with Crippen molar-refractivity contribution in [2.45, 2.75) is 18.9 Å². The Labute approximate surface area is 175 Å². The number of hydrogen-bond acceptors (Lipinski definition) is 4. The number of hydrogen-bond donors (Lipinski definition) is 0. The maximum Gasteiger partial charge on any atom is 0.164 e. The predicted molar refractivity (Wildman–Crippen MR) is 118 cm³/mol. The molecule has 30 heavy (non-hydrogen) atoms. The van der Waals surface area contributed by atoms with E-state index in [1.807, 2.05) is 24.8 Å². The lowest BCUT2D eigenvalue weighted by molar-refractivity contribution is 0.746. The number of anilines is 2. The zero-order valence-corrected chi connectivity index (χ0v) is 16.5. The summed E-state index contributed by atoms with van der Waals surface area (Å²) in [7, 11) is 0. The molecule has 1 fully saturated rings. The average molecular weight is 391 g/mol. The molecule has 1 aliphatic heterocycles. The van der Waals surface area contributed by atoms with Crippen molar-refractivity contribution in [2.24, 2.45) is 0 Å². The fourth-order valence-corrected chi connectivity index (χ4v) is 4.25. The van der Waals surface area contributed by atoms with E-state index in [0.29, 0.717) is 6.04 Å². The fourth-order valence-electron chi connectivity index (χ4n) is 4.25. The Morgan fingerprint density at radius 2 is 1.80 bits per heavy atom. The van der Waals surface area contributed by atoms with Gasteiger partial charge in [-0.15, -0.1) is 10.2 Å². The molecule has 0 atom stereocenters. The maximum absolute atomic E-state index is 4.41. The van der Waals surface area contributed by atoms with Crippen LogP contribution in [0.4, 0.5) is 11.4 Å². The van der Waals surface area contributed by atoms with Crippen molar-refractivity contribution in [3.8, 4) is 11.4 Å². The molecule has 146 valence electrons. The first-order valence-corrected chi connectivity index (χ1v) is 10.4. The Bertz CT molecular complexity index is 1240. The molecule has 0 bridgehead atoms. The van der Waals surface area contributed by atoms with Crippen molar-refractivity contribution in [1.29, 1.82) is 0 Å². The summed E-state index contributed by atoms with van der Waals surface area (Å²) in [6, 6.07) is 21.9. The van der Waals surface area contributed by atoms with Crippen molar-refractivity contribution >= 4 is 16.9 Å². The number of aromatic nitrogens is 4. The van der Waals surface area contributed by atoms with Crippen LogP contribution in [0.3, 0.4) is 0 Å². The molecule has 5 nitrogen and oxygen atoms in total. The Balaban J connectivity index is 1.41. The SMILES string of the molecule is C1=C(c2cccnc2)c2ccccc2N(c2cccc(-c3nncn3C3CC3)c2)C1. The minimum atomic E-state index is 0.555. The number of benzene rings is 2. The van der Waals surface area contributed by atoms with Crippen LogP contribution < -0.4 is 4.90 Å². The van der Waals surface area contributed by atoms with E-state index in [1.54, 1.807) is 0 Å². The highest BCUT2D eigenvalue weighted by Gasteiger charge is 2.27. The lowest BCUT2D eigenvalue weighted by atomic mass is 9.93. The Kier molecular flexibility index (Phi) is 3.98. The van der Waals surface area contributed by atoms with Crippen LogP contribution in [-0.4, -0.2) is 26.3 Å². The van der Waals surface area contributed by atoms with Crippen LogP contribution in [0.15, 0.2) is 85.5 Å². The number of rotatable bonds is 4. The number of nitrogens with zero attached hydrogens (tertiary/aromatic N) is 5. The summed E-state index contributed by atoms with van der Waals surface area (Å²) >= 11 is 0. The van der Waals surface area contributed by atoms with E-state index in [0.717, 1.165) is 29.2 Å². The van der Waals surface area contributed by atoms with Gasteiger partial charge in [0.1, 0.15) is 6.33 Å². The monoisotopic (exact) mass is 391 g/mol. The maximum atomic E-state index is 4.41. The third kappa shape index (κ3) is 2.90. The van der Waals surface area contributed by atoms with Gasteiger partial charge >= 0.3 is 0 Å². The summed E-state index contributed by atoms with van der Waals surface area (Å²) in [5, 5.41) is 8.57. The molecule has 5 heteroatoms. The second-order valence-electron chi connectivity index (χ2n) is 7.83. The smallest absolute Gasteiger partial charge is 0.164 e. The number of pyridine rings is 1. The standard InChI is InChI=1S/C25H21N5/c1-2-9-24-23(8-1)22(19-6-4-13-26-16-19)12-14-29(24)21-7-3-5-18(15-21)25-28-27-17-30(25)20-10-11-20/h1-9,12-13,15-17,20H,10-11,14H2. The van der Waals surface area contributed by atoms with E-state index < -0.39 is 0 Å². The molecule has 0 spiro atoms. The first kappa shape index (κ1) is 17.2. The minimum absolute atomic E-state index is 0.555. The van der Waals surface area contributed by atoms with Gasteiger partial charge < -0.3 is 9.47 Å². The molecule has 2 aliphatic rings. The molecule has 0 radical (unpaired) electrons. The largest absolute Gasteiger partial charge is 0.337 e. The minimum Gasteiger partial charge on any atom is -0.337 e. The van der Waals surface area contributed by atoms with Crippen LogP contribution in [0.2, 0.25) is 0 Å². The Hall–Kier alpha value is -3.73. The van der Waals surface area contributed by atoms with Crippen molar-refractivity contribution in [1.82, 2.24) is 19.7 Å². The van der Waals surface area contributed by atoms with Crippen molar-refractivity contribution < 1.29 is 0 Å². The predicted octanol–water partition coefficient (Wildman–Crippen LogP) is 5.26. The van der Waals surface area contributed by atoms with Gasteiger partial charge in [0.05, 0.1) is 0 Å². The van der Waals surface area contributed by atoms with E-state index in [-0.39, 0.29) is 0 Å². The van der Waals surface area contributed by atoms with Gasteiger partial charge in [0.2, 0.25) is 0 Å². The lowest BCUT2D eigenvalue weighted by Crippen LogP contribution is -2.22. The third-order valence-corrected chi connectivity index (χ3v) is 5.86. The van der Waals surface area contributed by atoms with Gasteiger partial charge in [-0.1, -0.05) is 42.5 Å². The Morgan fingerprint density at radius 3 is 2.67 bits per heavy atom. The van der Waals surface area contributed by atoms with Crippen LogP contribution >= 0.6 is 0 Å².